The van der Waals surface area contributed by atoms with E-state index in [1.54, 1.807) is 6.92 Å². The molecule has 280 valence electrons. The molecule has 7 nitrogen and oxygen atoms in total. The summed E-state index contributed by atoms with van der Waals surface area (Å²) in [6, 6.07) is 2.96. The van der Waals surface area contributed by atoms with Crippen molar-refractivity contribution >= 4 is 0 Å². The number of hydrogen-bond acceptors (Lipinski definition) is 7. The Morgan fingerprint density at radius 3 is 2.06 bits per heavy atom. The normalized spacial score (nSPS) is 33.7. The summed E-state index contributed by atoms with van der Waals surface area (Å²) in [6.07, 6.45) is 14.1. The van der Waals surface area contributed by atoms with E-state index in [4.69, 9.17) is 31.4 Å². The Morgan fingerprint density at radius 2 is 1.37 bits per heavy atom. The molecule has 0 aromatic carbocycles. The number of nitrogens with two attached hydrogens (primary N) is 3. The van der Waals surface area contributed by atoms with Crippen molar-refractivity contribution in [2.75, 3.05) is 46.0 Å². The van der Waals surface area contributed by atoms with Gasteiger partial charge in [0.05, 0.1) is 18.3 Å². The lowest BCUT2D eigenvalue weighted by Crippen LogP contribution is -2.63. The molecule has 4 aliphatic rings. The molecule has 4 rings (SSSR count). The Hall–Kier alpha value is -2.64. The molecular formula is C44H66N4O3. The molecule has 0 radical (unpaired) electrons. The number of ether oxygens (including phenoxy) is 3. The number of hydrogen-bond donors (Lipinski definition) is 4. The van der Waals surface area contributed by atoms with Crippen LogP contribution in [0.1, 0.15) is 105 Å². The summed E-state index contributed by atoms with van der Waals surface area (Å²) >= 11 is 0. The fraction of sp³-hybridized carbons (Fsp3) is 0.773. The van der Waals surface area contributed by atoms with Gasteiger partial charge in [-0.3, -0.25) is 0 Å². The van der Waals surface area contributed by atoms with E-state index in [0.717, 1.165) is 84.2 Å². The predicted octanol–water partition coefficient (Wildman–Crippen LogP) is 5.07. The van der Waals surface area contributed by atoms with Crippen LogP contribution in [-0.2, 0) is 14.2 Å². The SMILES string of the molecule is CC#CC#CC#CC#CC#CNCCC[C@@H](C)[C@H]1CC[C@H]2[C@@H]3[C@H](OCCCN)C[C@@H]4C[C@H](OCCCN)CC[C@]4(C)[C@H]3C[C@H](OCCCN)[C@]12C. The molecule has 11 atom stereocenters. The van der Waals surface area contributed by atoms with Crippen molar-refractivity contribution in [3.05, 3.63) is 0 Å². The van der Waals surface area contributed by atoms with Crippen molar-refractivity contribution in [2.24, 2.45) is 63.5 Å². The second kappa shape index (κ2) is 21.2. The van der Waals surface area contributed by atoms with Crippen molar-refractivity contribution < 1.29 is 14.2 Å². The Morgan fingerprint density at radius 1 is 0.725 bits per heavy atom. The Bertz CT molecular complexity index is 1410. The van der Waals surface area contributed by atoms with Gasteiger partial charge in [-0.15, -0.1) is 0 Å². The highest BCUT2D eigenvalue weighted by Crippen LogP contribution is 2.69. The predicted molar refractivity (Wildman–Crippen MR) is 207 cm³/mol. The fourth-order valence-electron chi connectivity index (χ4n) is 10.7. The molecule has 51 heavy (non-hydrogen) atoms. The first kappa shape index (κ1) is 41.1. The zero-order valence-electron chi connectivity index (χ0n) is 32.1. The van der Waals surface area contributed by atoms with Gasteiger partial charge in [0.1, 0.15) is 0 Å². The maximum absolute atomic E-state index is 7.00. The average molecular weight is 699 g/mol. The van der Waals surface area contributed by atoms with Gasteiger partial charge in [-0.25, -0.2) is 0 Å². The van der Waals surface area contributed by atoms with Gasteiger partial charge in [0.15, 0.2) is 0 Å². The highest BCUT2D eigenvalue weighted by atomic mass is 16.5. The topological polar surface area (TPSA) is 118 Å². The van der Waals surface area contributed by atoms with Crippen molar-refractivity contribution in [3.8, 4) is 59.3 Å². The smallest absolute Gasteiger partial charge is 0.0637 e. The van der Waals surface area contributed by atoms with E-state index < -0.39 is 0 Å². The van der Waals surface area contributed by atoms with E-state index in [2.05, 4.69) is 85.4 Å². The van der Waals surface area contributed by atoms with Gasteiger partial charge >= 0.3 is 0 Å². The third kappa shape index (κ3) is 10.5. The van der Waals surface area contributed by atoms with Crippen LogP contribution in [0.4, 0.5) is 0 Å². The van der Waals surface area contributed by atoms with Gasteiger partial charge in [-0.1, -0.05) is 26.7 Å². The van der Waals surface area contributed by atoms with E-state index in [-0.39, 0.29) is 23.0 Å². The maximum Gasteiger partial charge on any atom is 0.0637 e. The first-order valence-electron chi connectivity index (χ1n) is 19.9. The van der Waals surface area contributed by atoms with E-state index in [1.807, 2.05) is 0 Å². The lowest BCUT2D eigenvalue weighted by molar-refractivity contribution is -0.227. The summed E-state index contributed by atoms with van der Waals surface area (Å²) in [7, 11) is 0. The minimum Gasteiger partial charge on any atom is -0.378 e. The van der Waals surface area contributed by atoms with Crippen LogP contribution in [0.25, 0.3) is 0 Å². The van der Waals surface area contributed by atoms with Crippen LogP contribution in [0.15, 0.2) is 0 Å². The van der Waals surface area contributed by atoms with Gasteiger partial charge in [-0.05, 0) is 168 Å². The van der Waals surface area contributed by atoms with Gasteiger partial charge in [-0.2, -0.15) is 0 Å². The lowest BCUT2D eigenvalue weighted by Gasteiger charge is -2.65. The minimum absolute atomic E-state index is 0.105. The molecule has 7 N–H and O–H groups in total. The molecule has 0 unspecified atom stereocenters. The van der Waals surface area contributed by atoms with Crippen LogP contribution < -0.4 is 22.5 Å². The average Bonchev–Trinajstić information content (AvgIpc) is 3.49. The number of fused-ring (bicyclic) bond motifs is 5. The standard InChI is InChI=1S/C44H66N4O3/c1-5-6-7-8-9-10-11-12-13-26-48-27-14-18-34(2)37-19-20-38-42-39(33-41(44(37,38)4)51-30-17-25-47)43(3)22-21-36(49-28-15-23-45)31-35(43)32-40(42)50-29-16-24-46/h34-42,48H,14-25,27-33,45-47H2,1-4H3/t34-,35+,36-,37-,38+,39+,40-,41+,42+,43+,44-/m1/s1. The van der Waals surface area contributed by atoms with Crippen LogP contribution in [0.5, 0.6) is 0 Å². The van der Waals surface area contributed by atoms with Crippen molar-refractivity contribution in [2.45, 2.75) is 123 Å². The number of nitrogens with one attached hydrogen (secondary N) is 1. The number of rotatable bonds is 17. The van der Waals surface area contributed by atoms with Crippen molar-refractivity contribution in [3.63, 3.8) is 0 Å². The van der Waals surface area contributed by atoms with Crippen LogP contribution in [0.2, 0.25) is 0 Å². The summed E-state index contributed by atoms with van der Waals surface area (Å²) in [4.78, 5) is 0. The van der Waals surface area contributed by atoms with E-state index in [1.165, 1.54) is 19.3 Å². The highest BCUT2D eigenvalue weighted by Gasteiger charge is 2.66. The molecule has 7 heteroatoms. The van der Waals surface area contributed by atoms with E-state index in [0.29, 0.717) is 61.2 Å². The second-order valence-corrected chi connectivity index (χ2v) is 15.9. The van der Waals surface area contributed by atoms with Crippen LogP contribution >= 0.6 is 0 Å². The Balaban J connectivity index is 1.47. The van der Waals surface area contributed by atoms with Crippen LogP contribution in [0, 0.1) is 106 Å². The molecule has 4 fully saturated rings. The second-order valence-electron chi connectivity index (χ2n) is 15.9. The highest BCUT2D eigenvalue weighted by molar-refractivity contribution is 5.42. The quantitative estimate of drug-likeness (QED) is 0.0953. The maximum atomic E-state index is 7.00. The van der Waals surface area contributed by atoms with Gasteiger partial charge < -0.3 is 36.7 Å². The zero-order valence-corrected chi connectivity index (χ0v) is 32.1. The summed E-state index contributed by atoms with van der Waals surface area (Å²) in [5.74, 6) is 27.8. The third-order valence-corrected chi connectivity index (χ3v) is 13.2. The summed E-state index contributed by atoms with van der Waals surface area (Å²) in [5.41, 5.74) is 18.1. The fourth-order valence-corrected chi connectivity index (χ4v) is 10.7. The van der Waals surface area contributed by atoms with E-state index >= 15 is 0 Å². The zero-order chi connectivity index (χ0) is 36.5. The van der Waals surface area contributed by atoms with Crippen LogP contribution in [0.3, 0.4) is 0 Å². The molecule has 0 amide bonds. The first-order valence-corrected chi connectivity index (χ1v) is 19.9. The molecule has 0 saturated heterocycles. The lowest BCUT2D eigenvalue weighted by atomic mass is 9.43. The molecule has 0 aromatic rings. The summed E-state index contributed by atoms with van der Waals surface area (Å²) in [5, 5.41) is 3.24. The first-order chi connectivity index (χ1) is 24.8. The molecule has 0 aromatic heterocycles. The van der Waals surface area contributed by atoms with E-state index in [9.17, 15) is 0 Å². The molecular weight excluding hydrogens is 633 g/mol. The summed E-state index contributed by atoms with van der Waals surface area (Å²) < 4.78 is 20.3. The summed E-state index contributed by atoms with van der Waals surface area (Å²) in [6.45, 7) is 14.6. The Labute approximate surface area is 310 Å². The van der Waals surface area contributed by atoms with Gasteiger partial charge in [0.25, 0.3) is 0 Å². The molecule has 0 aliphatic heterocycles. The molecule has 0 bridgehead atoms. The molecule has 0 heterocycles. The van der Waals surface area contributed by atoms with Gasteiger partial charge in [0, 0.05) is 61.5 Å². The third-order valence-electron chi connectivity index (χ3n) is 13.2. The van der Waals surface area contributed by atoms with Crippen molar-refractivity contribution in [1.29, 1.82) is 0 Å². The van der Waals surface area contributed by atoms with Crippen LogP contribution in [-0.4, -0.2) is 64.3 Å². The minimum atomic E-state index is 0.105. The molecule has 4 saturated carbocycles. The Kier molecular flexibility index (Phi) is 17.1. The molecule has 0 spiro atoms. The molecule has 4 aliphatic carbocycles. The largest absolute Gasteiger partial charge is 0.378 e. The van der Waals surface area contributed by atoms with Crippen molar-refractivity contribution in [1.82, 2.24) is 5.32 Å². The monoisotopic (exact) mass is 699 g/mol. The van der Waals surface area contributed by atoms with Gasteiger partial charge in [0.2, 0.25) is 0 Å².